The molecule has 5 aliphatic carbocycles. The molecule has 0 aliphatic heterocycles. The van der Waals surface area contributed by atoms with Gasteiger partial charge in [0, 0.05) is 5.41 Å². The summed E-state index contributed by atoms with van der Waals surface area (Å²) in [5.41, 5.74) is 0.952. The van der Waals surface area contributed by atoms with Crippen LogP contribution in [0.4, 0.5) is 0 Å². The molecule has 0 aromatic rings. The van der Waals surface area contributed by atoms with Crippen LogP contribution in [0.2, 0.25) is 0 Å². The van der Waals surface area contributed by atoms with Crippen LogP contribution in [0, 0.1) is 51.8 Å². The summed E-state index contributed by atoms with van der Waals surface area (Å²) in [6, 6.07) is 0. The van der Waals surface area contributed by atoms with Crippen LogP contribution < -0.4 is 0 Å². The van der Waals surface area contributed by atoms with Gasteiger partial charge in [-0.2, -0.15) is 0 Å². The summed E-state index contributed by atoms with van der Waals surface area (Å²) in [4.78, 5) is 11.8. The Morgan fingerprint density at radius 1 is 0.875 bits per heavy atom. The monoisotopic (exact) mass is 446 g/mol. The third-order valence-corrected chi connectivity index (χ3v) is 12.2. The van der Waals surface area contributed by atoms with Crippen molar-refractivity contribution in [1.82, 2.24) is 0 Å². The van der Waals surface area contributed by atoms with E-state index in [4.69, 9.17) is 4.74 Å². The first kappa shape index (κ1) is 23.1. The minimum Gasteiger partial charge on any atom is -0.463 e. The average Bonchev–Trinajstić information content (AvgIpc) is 2.79. The zero-order valence-electron chi connectivity index (χ0n) is 20.7. The second-order valence-corrected chi connectivity index (χ2v) is 13.1. The lowest BCUT2D eigenvalue weighted by atomic mass is 9.37. The molecule has 4 heteroatoms. The Bertz CT molecular complexity index is 722. The van der Waals surface area contributed by atoms with E-state index in [0.29, 0.717) is 35.2 Å². The van der Waals surface area contributed by atoms with Gasteiger partial charge in [0.2, 0.25) is 0 Å². The Morgan fingerprint density at radius 3 is 2.38 bits per heavy atom. The number of rotatable bonds is 3. The molecule has 5 rings (SSSR count). The molecule has 0 saturated heterocycles. The lowest BCUT2D eigenvalue weighted by Crippen LogP contribution is -2.62. The molecule has 0 heterocycles. The summed E-state index contributed by atoms with van der Waals surface area (Å²) in [5, 5.41) is 19.8. The van der Waals surface area contributed by atoms with Gasteiger partial charge in [0.05, 0.1) is 12.7 Å². The van der Waals surface area contributed by atoms with Crippen LogP contribution in [0.25, 0.3) is 0 Å². The van der Waals surface area contributed by atoms with Crippen molar-refractivity contribution in [2.75, 3.05) is 13.2 Å². The van der Waals surface area contributed by atoms with Crippen molar-refractivity contribution in [3.8, 4) is 0 Å². The zero-order valence-corrected chi connectivity index (χ0v) is 20.7. The Morgan fingerprint density at radius 2 is 1.59 bits per heavy atom. The fraction of sp³-hybridized carbons (Fsp3) is 0.964. The summed E-state index contributed by atoms with van der Waals surface area (Å²) >= 11 is 0. The molecule has 0 radical (unpaired) electrons. The second-order valence-electron chi connectivity index (χ2n) is 13.1. The highest BCUT2D eigenvalue weighted by atomic mass is 16.5. The van der Waals surface area contributed by atoms with Gasteiger partial charge in [-0.25, -0.2) is 4.79 Å². The maximum atomic E-state index is 11.8. The largest absolute Gasteiger partial charge is 0.463 e. The van der Waals surface area contributed by atoms with Gasteiger partial charge in [0.1, 0.15) is 6.61 Å². The zero-order chi connectivity index (χ0) is 22.7. The number of aliphatic hydroxyl groups excluding tert-OH is 2. The first-order valence-electron chi connectivity index (χ1n) is 13.7. The van der Waals surface area contributed by atoms with Gasteiger partial charge in [-0.1, -0.05) is 33.6 Å². The molecule has 32 heavy (non-hydrogen) atoms. The van der Waals surface area contributed by atoms with Gasteiger partial charge in [-0.3, -0.25) is 0 Å². The van der Waals surface area contributed by atoms with Crippen molar-refractivity contribution < 1.29 is 19.7 Å². The molecule has 182 valence electrons. The molecule has 0 aromatic carbocycles. The number of carbonyl (C=O) groups excluding carboxylic acids is 1. The Hall–Kier alpha value is -0.610. The van der Waals surface area contributed by atoms with E-state index >= 15 is 0 Å². The summed E-state index contributed by atoms with van der Waals surface area (Å²) in [6.07, 6.45) is 14.9. The molecular formula is C28H46O4. The van der Waals surface area contributed by atoms with E-state index in [1.54, 1.807) is 0 Å². The summed E-state index contributed by atoms with van der Waals surface area (Å²) in [6.45, 7) is 7.57. The predicted octanol–water partition coefficient (Wildman–Crippen LogP) is 5.35. The first-order valence-corrected chi connectivity index (χ1v) is 13.7. The highest BCUT2D eigenvalue weighted by molar-refractivity contribution is 5.70. The lowest BCUT2D eigenvalue weighted by molar-refractivity contribution is -0.207. The Kier molecular flexibility index (Phi) is 5.97. The fourth-order valence-electron chi connectivity index (χ4n) is 10.6. The van der Waals surface area contributed by atoms with Crippen LogP contribution in [0.1, 0.15) is 97.8 Å². The molecule has 2 N–H and O–H groups in total. The van der Waals surface area contributed by atoms with E-state index in [0.717, 1.165) is 24.2 Å². The predicted molar refractivity (Wildman–Crippen MR) is 125 cm³/mol. The number of esters is 1. The van der Waals surface area contributed by atoms with E-state index in [-0.39, 0.29) is 11.5 Å². The molecule has 10 unspecified atom stereocenters. The normalized spacial score (nSPS) is 52.7. The number of aliphatic hydroxyl groups is 2. The van der Waals surface area contributed by atoms with Crippen molar-refractivity contribution in [3.63, 3.8) is 0 Å². The topological polar surface area (TPSA) is 66.8 Å². The average molecular weight is 447 g/mol. The van der Waals surface area contributed by atoms with Crippen LogP contribution in [-0.4, -0.2) is 35.5 Å². The van der Waals surface area contributed by atoms with Gasteiger partial charge in [-0.05, 0) is 111 Å². The maximum absolute atomic E-state index is 11.8. The van der Waals surface area contributed by atoms with Crippen LogP contribution in [0.15, 0.2) is 0 Å². The smallest absolute Gasteiger partial charge is 0.331 e. The molecule has 4 nitrogen and oxygen atoms in total. The van der Waals surface area contributed by atoms with Crippen molar-refractivity contribution in [2.24, 2.45) is 51.8 Å². The third-order valence-electron chi connectivity index (χ3n) is 12.2. The quantitative estimate of drug-likeness (QED) is 0.574. The van der Waals surface area contributed by atoms with Crippen LogP contribution >= 0.6 is 0 Å². The molecular weight excluding hydrogens is 400 g/mol. The highest BCUT2D eigenvalue weighted by Crippen LogP contribution is 2.71. The van der Waals surface area contributed by atoms with Gasteiger partial charge in [0.25, 0.3) is 0 Å². The van der Waals surface area contributed by atoms with E-state index in [1.807, 2.05) is 0 Å². The lowest BCUT2D eigenvalue weighted by Gasteiger charge is -2.68. The number of fused-ring (bicyclic) bond motifs is 7. The molecule has 0 amide bonds. The van der Waals surface area contributed by atoms with Crippen LogP contribution in [-0.2, 0) is 9.53 Å². The van der Waals surface area contributed by atoms with Gasteiger partial charge < -0.3 is 14.9 Å². The Labute approximate surface area is 194 Å². The van der Waals surface area contributed by atoms with Gasteiger partial charge in [0.15, 0.2) is 0 Å². The number of hydrogen-bond donors (Lipinski definition) is 2. The number of carbonyl (C=O) groups is 1. The molecule has 5 fully saturated rings. The van der Waals surface area contributed by atoms with E-state index in [2.05, 4.69) is 20.8 Å². The molecule has 10 atom stereocenters. The minimum absolute atomic E-state index is 0.104. The SMILES string of the molecule is CC1C(O)CCC2(C)C1CCC1(C)C3CCC4(COC(=O)CO)CCCCC4C3CCC21. The van der Waals surface area contributed by atoms with E-state index in [1.165, 1.54) is 70.6 Å². The minimum atomic E-state index is -0.501. The number of hydrogen-bond acceptors (Lipinski definition) is 4. The van der Waals surface area contributed by atoms with Crippen LogP contribution in [0.3, 0.4) is 0 Å². The molecule has 5 saturated carbocycles. The molecule has 0 aromatic heterocycles. The fourth-order valence-corrected chi connectivity index (χ4v) is 10.6. The van der Waals surface area contributed by atoms with E-state index in [9.17, 15) is 15.0 Å². The summed E-state index contributed by atoms with van der Waals surface area (Å²) in [7, 11) is 0. The summed E-state index contributed by atoms with van der Waals surface area (Å²) in [5.74, 6) is 3.69. The van der Waals surface area contributed by atoms with Crippen molar-refractivity contribution >= 4 is 5.97 Å². The van der Waals surface area contributed by atoms with Gasteiger partial charge in [-0.15, -0.1) is 0 Å². The Balaban J connectivity index is 1.40. The second kappa shape index (κ2) is 8.26. The highest BCUT2D eigenvalue weighted by Gasteiger charge is 2.64. The van der Waals surface area contributed by atoms with Crippen molar-refractivity contribution in [2.45, 2.75) is 104 Å². The molecule has 0 spiro atoms. The van der Waals surface area contributed by atoms with Gasteiger partial charge >= 0.3 is 5.97 Å². The molecule has 5 aliphatic rings. The summed E-state index contributed by atoms with van der Waals surface area (Å²) < 4.78 is 5.60. The first-order chi connectivity index (χ1) is 15.2. The van der Waals surface area contributed by atoms with Crippen molar-refractivity contribution in [3.05, 3.63) is 0 Å². The maximum Gasteiger partial charge on any atom is 0.331 e. The van der Waals surface area contributed by atoms with Crippen LogP contribution in [0.5, 0.6) is 0 Å². The third kappa shape index (κ3) is 3.33. The molecule has 0 bridgehead atoms. The van der Waals surface area contributed by atoms with Crippen molar-refractivity contribution in [1.29, 1.82) is 0 Å². The van der Waals surface area contributed by atoms with E-state index < -0.39 is 12.6 Å². The standard InChI is InChI=1S/C28H46O4/c1-18-20-9-13-27(3)21-10-15-28(17-32-25(31)16-29)12-5-4-6-22(28)19(21)7-8-24(27)26(20,2)14-11-23(18)30/h18-24,29-30H,4-17H2,1-3H3. The number of ether oxygens (including phenoxy) is 1.